The van der Waals surface area contributed by atoms with Crippen molar-refractivity contribution in [3.05, 3.63) is 35.4 Å². The molecule has 0 atom stereocenters. The van der Waals surface area contributed by atoms with E-state index in [0.717, 1.165) is 25.0 Å². The lowest BCUT2D eigenvalue weighted by molar-refractivity contribution is -0.137. The quantitative estimate of drug-likeness (QED) is 0.842. The van der Waals surface area contributed by atoms with Gasteiger partial charge in [0.05, 0.1) is 12.1 Å². The van der Waals surface area contributed by atoms with Crippen molar-refractivity contribution < 1.29 is 22.8 Å². The minimum Gasteiger partial charge on any atom is -0.354 e. The van der Waals surface area contributed by atoms with Gasteiger partial charge in [-0.1, -0.05) is 12.1 Å². The van der Waals surface area contributed by atoms with Crippen molar-refractivity contribution in [2.24, 2.45) is 5.92 Å². The van der Waals surface area contributed by atoms with Crippen molar-refractivity contribution in [1.82, 2.24) is 10.6 Å². The molecule has 0 spiro atoms. The van der Waals surface area contributed by atoms with E-state index < -0.39 is 11.7 Å². The predicted octanol–water partition coefficient (Wildman–Crippen LogP) is 1.89. The minimum atomic E-state index is -4.34. The molecular formula is C15H17F3N2O2. The van der Waals surface area contributed by atoms with E-state index in [2.05, 4.69) is 10.6 Å². The van der Waals surface area contributed by atoms with Crippen LogP contribution in [0.1, 0.15) is 24.0 Å². The fourth-order valence-electron chi connectivity index (χ4n) is 1.93. The molecular weight excluding hydrogens is 297 g/mol. The van der Waals surface area contributed by atoms with Crippen LogP contribution in [0.25, 0.3) is 0 Å². The Kier molecular flexibility index (Phi) is 5.05. The van der Waals surface area contributed by atoms with E-state index in [1.807, 2.05) is 0 Å². The zero-order valence-corrected chi connectivity index (χ0v) is 11.9. The summed E-state index contributed by atoms with van der Waals surface area (Å²) in [7, 11) is 0. The normalized spacial score (nSPS) is 14.5. The summed E-state index contributed by atoms with van der Waals surface area (Å²) in [6, 6.07) is 4.83. The Morgan fingerprint density at radius 3 is 2.27 bits per heavy atom. The molecule has 0 bridgehead atoms. The molecule has 1 aromatic rings. The van der Waals surface area contributed by atoms with Gasteiger partial charge in [-0.3, -0.25) is 9.59 Å². The van der Waals surface area contributed by atoms with E-state index in [-0.39, 0.29) is 24.3 Å². The van der Waals surface area contributed by atoms with E-state index in [1.165, 1.54) is 12.1 Å². The first kappa shape index (κ1) is 16.3. The van der Waals surface area contributed by atoms with Gasteiger partial charge in [-0.2, -0.15) is 13.2 Å². The second kappa shape index (κ2) is 6.81. The molecule has 1 fully saturated rings. The van der Waals surface area contributed by atoms with Crippen LogP contribution in [0.15, 0.2) is 24.3 Å². The van der Waals surface area contributed by atoms with Crippen molar-refractivity contribution in [3.8, 4) is 0 Å². The summed E-state index contributed by atoms with van der Waals surface area (Å²) >= 11 is 0. The number of rotatable bonds is 6. The molecule has 2 rings (SSSR count). The van der Waals surface area contributed by atoms with Gasteiger partial charge >= 0.3 is 6.18 Å². The molecule has 2 amide bonds. The number of hydrogen-bond donors (Lipinski definition) is 2. The van der Waals surface area contributed by atoms with E-state index in [1.54, 1.807) is 0 Å². The fourth-order valence-corrected chi connectivity index (χ4v) is 1.93. The summed E-state index contributed by atoms with van der Waals surface area (Å²) in [5, 5.41) is 5.16. The van der Waals surface area contributed by atoms with E-state index >= 15 is 0 Å². The van der Waals surface area contributed by atoms with Crippen molar-refractivity contribution in [3.63, 3.8) is 0 Å². The number of amides is 2. The topological polar surface area (TPSA) is 58.2 Å². The maximum absolute atomic E-state index is 12.4. The molecule has 0 saturated heterocycles. The van der Waals surface area contributed by atoms with Crippen LogP contribution in [0.2, 0.25) is 0 Å². The minimum absolute atomic E-state index is 0.0555. The highest BCUT2D eigenvalue weighted by atomic mass is 19.4. The standard InChI is InChI=1S/C15H17F3N2O2/c16-15(17,18)12-5-1-10(2-6-12)7-8-19-13(21)9-20-14(22)11-3-4-11/h1-2,5-6,11H,3-4,7-9H2,(H,19,21)(H,20,22). The van der Waals surface area contributed by atoms with Gasteiger partial charge in [0.1, 0.15) is 0 Å². The molecule has 0 aliphatic heterocycles. The molecule has 0 heterocycles. The lowest BCUT2D eigenvalue weighted by Gasteiger charge is -2.09. The maximum atomic E-state index is 12.4. The predicted molar refractivity (Wildman–Crippen MR) is 73.9 cm³/mol. The second-order valence-electron chi connectivity index (χ2n) is 5.29. The van der Waals surface area contributed by atoms with Gasteiger partial charge in [0, 0.05) is 12.5 Å². The molecule has 1 aromatic carbocycles. The van der Waals surface area contributed by atoms with E-state index in [4.69, 9.17) is 0 Å². The number of alkyl halides is 3. The Bertz CT molecular complexity index is 537. The summed E-state index contributed by atoms with van der Waals surface area (Å²) in [4.78, 5) is 22.8. The maximum Gasteiger partial charge on any atom is 0.416 e. The SMILES string of the molecule is O=C(CNC(=O)C1CC1)NCCc1ccc(C(F)(F)F)cc1. The van der Waals surface area contributed by atoms with Crippen LogP contribution in [0, 0.1) is 5.92 Å². The molecule has 1 aliphatic carbocycles. The average molecular weight is 314 g/mol. The number of hydrogen-bond acceptors (Lipinski definition) is 2. The molecule has 0 unspecified atom stereocenters. The highest BCUT2D eigenvalue weighted by molar-refractivity contribution is 5.86. The highest BCUT2D eigenvalue weighted by Gasteiger charge is 2.30. The number of benzene rings is 1. The molecule has 2 N–H and O–H groups in total. The lowest BCUT2D eigenvalue weighted by Crippen LogP contribution is -2.38. The summed E-state index contributed by atoms with van der Waals surface area (Å²) in [6.07, 6.45) is -2.16. The average Bonchev–Trinajstić information content (AvgIpc) is 3.29. The number of halogens is 3. The molecule has 0 radical (unpaired) electrons. The third-order valence-electron chi connectivity index (χ3n) is 3.39. The molecule has 22 heavy (non-hydrogen) atoms. The molecule has 4 nitrogen and oxygen atoms in total. The third kappa shape index (κ3) is 5.05. The third-order valence-corrected chi connectivity index (χ3v) is 3.39. The summed E-state index contributed by atoms with van der Waals surface area (Å²) in [5.74, 6) is -0.348. The van der Waals surface area contributed by atoms with Gasteiger partial charge in [-0.05, 0) is 37.0 Å². The Morgan fingerprint density at radius 2 is 1.73 bits per heavy atom. The second-order valence-corrected chi connectivity index (χ2v) is 5.29. The molecule has 120 valence electrons. The summed E-state index contributed by atoms with van der Waals surface area (Å²) in [6.45, 7) is 0.242. The Balaban J connectivity index is 1.67. The van der Waals surface area contributed by atoms with Gasteiger partial charge in [0.25, 0.3) is 0 Å². The molecule has 1 saturated carbocycles. The van der Waals surface area contributed by atoms with E-state index in [9.17, 15) is 22.8 Å². The zero-order chi connectivity index (χ0) is 16.2. The van der Waals surface area contributed by atoms with Gasteiger partial charge in [-0.15, -0.1) is 0 Å². The van der Waals surface area contributed by atoms with Crippen LogP contribution >= 0.6 is 0 Å². The number of carbonyl (C=O) groups is 2. The van der Waals surface area contributed by atoms with Crippen LogP contribution in [-0.2, 0) is 22.2 Å². The molecule has 7 heteroatoms. The van der Waals surface area contributed by atoms with Crippen molar-refractivity contribution in [1.29, 1.82) is 0 Å². The van der Waals surface area contributed by atoms with Gasteiger partial charge in [-0.25, -0.2) is 0 Å². The van der Waals surface area contributed by atoms with Gasteiger partial charge in [0.2, 0.25) is 11.8 Å². The van der Waals surface area contributed by atoms with Crippen LogP contribution in [-0.4, -0.2) is 24.9 Å². The van der Waals surface area contributed by atoms with Crippen LogP contribution in [0.4, 0.5) is 13.2 Å². The summed E-state index contributed by atoms with van der Waals surface area (Å²) < 4.78 is 37.2. The smallest absolute Gasteiger partial charge is 0.354 e. The monoisotopic (exact) mass is 314 g/mol. The van der Waals surface area contributed by atoms with Crippen LogP contribution < -0.4 is 10.6 Å². The van der Waals surface area contributed by atoms with Crippen LogP contribution in [0.5, 0.6) is 0 Å². The van der Waals surface area contributed by atoms with Crippen molar-refractivity contribution in [2.75, 3.05) is 13.1 Å². The Hall–Kier alpha value is -2.05. The zero-order valence-electron chi connectivity index (χ0n) is 11.9. The lowest BCUT2D eigenvalue weighted by atomic mass is 10.1. The molecule has 0 aromatic heterocycles. The van der Waals surface area contributed by atoms with E-state index in [0.29, 0.717) is 18.5 Å². The first-order valence-corrected chi connectivity index (χ1v) is 7.07. The Morgan fingerprint density at radius 1 is 1.09 bits per heavy atom. The van der Waals surface area contributed by atoms with Gasteiger partial charge in [0.15, 0.2) is 0 Å². The van der Waals surface area contributed by atoms with Crippen molar-refractivity contribution in [2.45, 2.75) is 25.4 Å². The van der Waals surface area contributed by atoms with Crippen molar-refractivity contribution >= 4 is 11.8 Å². The summed E-state index contributed by atoms with van der Waals surface area (Å²) in [5.41, 5.74) is 0.0124. The number of nitrogens with one attached hydrogen (secondary N) is 2. The first-order valence-electron chi connectivity index (χ1n) is 7.07. The number of carbonyl (C=O) groups excluding carboxylic acids is 2. The first-order chi connectivity index (χ1) is 10.4. The van der Waals surface area contributed by atoms with Gasteiger partial charge < -0.3 is 10.6 Å². The highest BCUT2D eigenvalue weighted by Crippen LogP contribution is 2.29. The Labute approximate surface area is 126 Å². The van der Waals surface area contributed by atoms with Crippen LogP contribution in [0.3, 0.4) is 0 Å². The molecule has 1 aliphatic rings. The fraction of sp³-hybridized carbons (Fsp3) is 0.467. The largest absolute Gasteiger partial charge is 0.416 e.